The van der Waals surface area contributed by atoms with Gasteiger partial charge in [-0.2, -0.15) is 0 Å². The lowest BCUT2D eigenvalue weighted by Crippen LogP contribution is -1.95. The summed E-state index contributed by atoms with van der Waals surface area (Å²) in [6.07, 6.45) is 4.76. The van der Waals surface area contributed by atoms with Crippen LogP contribution in [0.25, 0.3) is 0 Å². The first-order valence-electron chi connectivity index (χ1n) is 5.05. The van der Waals surface area contributed by atoms with Crippen LogP contribution in [0.1, 0.15) is 11.3 Å². The predicted molar refractivity (Wildman–Crippen MR) is 70.9 cm³/mol. The maximum atomic E-state index is 6.03. The average Bonchev–Trinajstić information content (AvgIpc) is 2.32. The van der Waals surface area contributed by atoms with E-state index in [1.807, 2.05) is 12.1 Å². The van der Waals surface area contributed by atoms with Crippen molar-refractivity contribution < 1.29 is 0 Å². The predicted octanol–water partition coefficient (Wildman–Crippen LogP) is 4.22. The molecule has 2 heterocycles. The molecule has 0 atom stereocenters. The van der Waals surface area contributed by atoms with Gasteiger partial charge in [-0.3, -0.25) is 4.98 Å². The number of hydrogen-bond acceptors (Lipinski definition) is 2. The highest BCUT2D eigenvalue weighted by Crippen LogP contribution is 2.19. The van der Waals surface area contributed by atoms with Crippen molar-refractivity contribution in [2.24, 2.45) is 0 Å². The molecule has 0 aliphatic heterocycles. The molecule has 0 unspecified atom stereocenters. The number of nitrogens with zero attached hydrogens (tertiary/aromatic N) is 2. The second-order valence-corrected chi connectivity index (χ2v) is 4.80. The minimum absolute atomic E-state index is 0.452. The summed E-state index contributed by atoms with van der Waals surface area (Å²) in [6.45, 7) is 0. The second-order valence-electron chi connectivity index (χ2n) is 3.57. The van der Waals surface area contributed by atoms with Crippen molar-refractivity contribution >= 4 is 34.8 Å². The summed E-state index contributed by atoms with van der Waals surface area (Å²) in [5.41, 5.74) is 1.95. The summed E-state index contributed by atoms with van der Waals surface area (Å²) in [4.78, 5) is 8.13. The minimum Gasteiger partial charge on any atom is -0.260 e. The van der Waals surface area contributed by atoms with Crippen molar-refractivity contribution in [3.05, 3.63) is 57.0 Å². The van der Waals surface area contributed by atoms with Gasteiger partial charge in [0.25, 0.3) is 0 Å². The van der Waals surface area contributed by atoms with Gasteiger partial charge in [0, 0.05) is 18.1 Å². The van der Waals surface area contributed by atoms with E-state index < -0.39 is 0 Å². The Labute approximate surface area is 115 Å². The fraction of sp³-hybridized carbons (Fsp3) is 0.167. The van der Waals surface area contributed by atoms with Crippen LogP contribution < -0.4 is 0 Å². The molecular formula is C12H9Cl3N2. The molecule has 0 spiro atoms. The van der Waals surface area contributed by atoms with Crippen molar-refractivity contribution in [1.82, 2.24) is 9.97 Å². The maximum Gasteiger partial charge on any atom is 0.129 e. The summed E-state index contributed by atoms with van der Waals surface area (Å²) >= 11 is 17.6. The SMILES string of the molecule is Clc1ccc(CCc2cc(Cl)ncc2Cl)nc1. The third-order valence-corrected chi connectivity index (χ3v) is 3.11. The van der Waals surface area contributed by atoms with E-state index in [1.165, 1.54) is 0 Å². The van der Waals surface area contributed by atoms with E-state index >= 15 is 0 Å². The molecule has 0 aromatic carbocycles. The largest absolute Gasteiger partial charge is 0.260 e. The van der Waals surface area contributed by atoms with E-state index in [0.717, 1.165) is 24.1 Å². The first kappa shape index (κ1) is 12.6. The molecule has 0 radical (unpaired) electrons. The lowest BCUT2D eigenvalue weighted by molar-refractivity contribution is 0.911. The van der Waals surface area contributed by atoms with Gasteiger partial charge < -0.3 is 0 Å². The normalized spacial score (nSPS) is 10.5. The summed E-state index contributed by atoms with van der Waals surface area (Å²) in [5, 5.41) is 1.72. The summed E-state index contributed by atoms with van der Waals surface area (Å²) in [6, 6.07) is 5.50. The van der Waals surface area contributed by atoms with Crippen molar-refractivity contribution in [2.45, 2.75) is 12.8 Å². The first-order chi connectivity index (χ1) is 8.15. The molecule has 0 N–H and O–H groups in total. The van der Waals surface area contributed by atoms with E-state index in [2.05, 4.69) is 9.97 Å². The van der Waals surface area contributed by atoms with E-state index in [4.69, 9.17) is 34.8 Å². The summed E-state index contributed by atoms with van der Waals surface area (Å²) in [5.74, 6) is 0. The van der Waals surface area contributed by atoms with Crippen LogP contribution in [0.5, 0.6) is 0 Å². The quantitative estimate of drug-likeness (QED) is 0.790. The van der Waals surface area contributed by atoms with Gasteiger partial charge in [0.05, 0.1) is 10.0 Å². The highest BCUT2D eigenvalue weighted by Gasteiger charge is 2.03. The second kappa shape index (κ2) is 5.67. The minimum atomic E-state index is 0.452. The van der Waals surface area contributed by atoms with E-state index in [1.54, 1.807) is 18.5 Å². The van der Waals surface area contributed by atoms with E-state index in [-0.39, 0.29) is 0 Å². The molecule has 0 bridgehead atoms. The van der Waals surface area contributed by atoms with Crippen LogP contribution >= 0.6 is 34.8 Å². The maximum absolute atomic E-state index is 6.03. The van der Waals surface area contributed by atoms with Gasteiger partial charge in [-0.05, 0) is 36.6 Å². The van der Waals surface area contributed by atoms with Crippen molar-refractivity contribution in [3.8, 4) is 0 Å². The Balaban J connectivity index is 2.07. The molecular weight excluding hydrogens is 279 g/mol. The molecule has 2 aromatic heterocycles. The van der Waals surface area contributed by atoms with Crippen LogP contribution in [-0.4, -0.2) is 9.97 Å². The summed E-state index contributed by atoms with van der Waals surface area (Å²) in [7, 11) is 0. The Bertz CT molecular complexity index is 512. The molecule has 2 rings (SSSR count). The molecule has 2 nitrogen and oxygen atoms in total. The fourth-order valence-corrected chi connectivity index (χ4v) is 1.95. The van der Waals surface area contributed by atoms with Crippen molar-refractivity contribution in [1.29, 1.82) is 0 Å². The van der Waals surface area contributed by atoms with Gasteiger partial charge >= 0.3 is 0 Å². The highest BCUT2D eigenvalue weighted by molar-refractivity contribution is 6.32. The standard InChI is InChI=1S/C12H9Cl3N2/c13-9-2-4-10(16-6-9)3-1-8-5-12(15)17-7-11(8)14/h2,4-7H,1,3H2. The number of pyridine rings is 2. The Kier molecular flexibility index (Phi) is 4.21. The van der Waals surface area contributed by atoms with Crippen LogP contribution in [0.3, 0.4) is 0 Å². The van der Waals surface area contributed by atoms with Crippen molar-refractivity contribution in [3.63, 3.8) is 0 Å². The Hall–Kier alpha value is -0.830. The molecule has 88 valence electrons. The van der Waals surface area contributed by atoms with Crippen LogP contribution in [0.2, 0.25) is 15.2 Å². The van der Waals surface area contributed by atoms with Gasteiger partial charge in [-0.15, -0.1) is 0 Å². The monoisotopic (exact) mass is 286 g/mol. The van der Waals surface area contributed by atoms with Gasteiger partial charge in [0.2, 0.25) is 0 Å². The first-order valence-corrected chi connectivity index (χ1v) is 6.19. The Morgan fingerprint density at radius 1 is 0.941 bits per heavy atom. The van der Waals surface area contributed by atoms with Crippen LogP contribution in [0.15, 0.2) is 30.6 Å². The lowest BCUT2D eigenvalue weighted by atomic mass is 10.1. The van der Waals surface area contributed by atoms with Crippen LogP contribution in [0.4, 0.5) is 0 Å². The van der Waals surface area contributed by atoms with Gasteiger partial charge in [-0.25, -0.2) is 4.98 Å². The Morgan fingerprint density at radius 3 is 2.47 bits per heavy atom. The fourth-order valence-electron chi connectivity index (χ4n) is 1.46. The molecule has 0 saturated carbocycles. The number of rotatable bonds is 3. The van der Waals surface area contributed by atoms with Gasteiger partial charge in [0.1, 0.15) is 5.15 Å². The zero-order valence-electron chi connectivity index (χ0n) is 8.83. The molecule has 0 saturated heterocycles. The number of aryl methyl sites for hydroxylation is 2. The third kappa shape index (κ3) is 3.56. The lowest BCUT2D eigenvalue weighted by Gasteiger charge is -2.04. The highest BCUT2D eigenvalue weighted by atomic mass is 35.5. The Morgan fingerprint density at radius 2 is 1.76 bits per heavy atom. The molecule has 0 aliphatic rings. The smallest absolute Gasteiger partial charge is 0.129 e. The molecule has 2 aromatic rings. The van der Waals surface area contributed by atoms with Crippen LogP contribution in [0, 0.1) is 0 Å². The third-order valence-electron chi connectivity index (χ3n) is 2.34. The van der Waals surface area contributed by atoms with Gasteiger partial charge in [-0.1, -0.05) is 34.8 Å². The molecule has 0 fully saturated rings. The van der Waals surface area contributed by atoms with E-state index in [0.29, 0.717) is 15.2 Å². The number of hydrogen-bond donors (Lipinski definition) is 0. The van der Waals surface area contributed by atoms with Crippen molar-refractivity contribution in [2.75, 3.05) is 0 Å². The number of aromatic nitrogens is 2. The topological polar surface area (TPSA) is 25.8 Å². The zero-order chi connectivity index (χ0) is 12.3. The average molecular weight is 288 g/mol. The van der Waals surface area contributed by atoms with E-state index in [9.17, 15) is 0 Å². The zero-order valence-corrected chi connectivity index (χ0v) is 11.1. The number of halogens is 3. The molecule has 17 heavy (non-hydrogen) atoms. The molecule has 5 heteroatoms. The summed E-state index contributed by atoms with van der Waals surface area (Å²) < 4.78 is 0. The molecule has 0 amide bonds. The molecule has 0 aliphatic carbocycles. The van der Waals surface area contributed by atoms with Gasteiger partial charge in [0.15, 0.2) is 0 Å². The van der Waals surface area contributed by atoms with Crippen LogP contribution in [-0.2, 0) is 12.8 Å².